The Morgan fingerprint density at radius 1 is 0.718 bits per heavy atom. The summed E-state index contributed by atoms with van der Waals surface area (Å²) in [5, 5.41) is 0. The molecule has 0 aliphatic carbocycles. The molecule has 0 saturated heterocycles. The van der Waals surface area contributed by atoms with Gasteiger partial charge in [0.25, 0.3) is 0 Å². The first-order valence-electron chi connectivity index (χ1n) is 14.6. The van der Waals surface area contributed by atoms with Gasteiger partial charge < -0.3 is 28.4 Å². The predicted molar refractivity (Wildman–Crippen MR) is 163 cm³/mol. The molecule has 0 amide bonds. The summed E-state index contributed by atoms with van der Waals surface area (Å²) in [6.07, 6.45) is 7.76. The maximum absolute atomic E-state index is 11.8. The van der Waals surface area contributed by atoms with E-state index in [9.17, 15) is 9.59 Å². The Balaban J connectivity index is -0.000000592. The molecule has 0 unspecified atom stereocenters. The topological polar surface area (TPSA) is 89.5 Å². The van der Waals surface area contributed by atoms with Gasteiger partial charge in [-0.2, -0.15) is 0 Å². The second kappa shape index (κ2) is 31.0. The normalized spacial score (nSPS) is 11.1. The summed E-state index contributed by atoms with van der Waals surface area (Å²) in [7, 11) is 1.15. The minimum Gasteiger partial charge on any atom is -0.462 e. The van der Waals surface area contributed by atoms with Crippen molar-refractivity contribution in [1.82, 2.24) is 0 Å². The zero-order valence-corrected chi connectivity index (χ0v) is 28.8. The smallest absolute Gasteiger partial charge is 0.333 e. The minimum absolute atomic E-state index is 0.267. The summed E-state index contributed by atoms with van der Waals surface area (Å²) in [6, 6.07) is 1.15. The van der Waals surface area contributed by atoms with E-state index in [1.165, 1.54) is 0 Å². The van der Waals surface area contributed by atoms with Crippen molar-refractivity contribution in [2.24, 2.45) is 0 Å². The van der Waals surface area contributed by atoms with Crippen molar-refractivity contribution in [3.05, 3.63) is 23.8 Å². The highest BCUT2D eigenvalue weighted by Crippen LogP contribution is 2.07. The molecule has 0 radical (unpaired) electrons. The van der Waals surface area contributed by atoms with E-state index in [0.29, 0.717) is 44.4 Å². The number of esters is 2. The van der Waals surface area contributed by atoms with Crippen LogP contribution in [0.1, 0.15) is 101 Å². The van der Waals surface area contributed by atoms with Crippen molar-refractivity contribution in [2.75, 3.05) is 33.2 Å². The van der Waals surface area contributed by atoms with Gasteiger partial charge in [0, 0.05) is 21.4 Å². The molecule has 0 aromatic heterocycles. The molecule has 0 N–H and O–H groups in total. The lowest BCUT2D eigenvalue weighted by Crippen LogP contribution is -2.18. The van der Waals surface area contributed by atoms with Crippen LogP contribution >= 0.6 is 0 Å². The standard InChI is InChI=1S/C16H32O4Si.C7H16O2.C7H12O2/c1-4-6-9-18-15(19-10-7-5-2)13-14(3)16(17)20-11-8-12-21;1-6(2)8-5-9-7(3)4;1-4-5-9-7(8)6(2)3/h13,15H,4-12H2,1-3,21H3;6-7H,5H2,1-4H3;2,4-5H2,1,3H3. The van der Waals surface area contributed by atoms with Gasteiger partial charge in [-0.1, -0.05) is 46.2 Å². The summed E-state index contributed by atoms with van der Waals surface area (Å²) in [5.41, 5.74) is 1.02. The molecule has 232 valence electrons. The average molecular weight is 577 g/mol. The Bertz CT molecular complexity index is 602. The van der Waals surface area contributed by atoms with Gasteiger partial charge in [-0.25, -0.2) is 9.59 Å². The van der Waals surface area contributed by atoms with Crippen molar-refractivity contribution in [3.8, 4) is 0 Å². The van der Waals surface area contributed by atoms with Gasteiger partial charge >= 0.3 is 11.9 Å². The van der Waals surface area contributed by atoms with E-state index in [2.05, 4.69) is 20.4 Å². The highest BCUT2D eigenvalue weighted by molar-refractivity contribution is 6.08. The van der Waals surface area contributed by atoms with Crippen molar-refractivity contribution in [1.29, 1.82) is 0 Å². The van der Waals surface area contributed by atoms with Crippen molar-refractivity contribution < 1.29 is 38.0 Å². The van der Waals surface area contributed by atoms with Crippen LogP contribution in [0.2, 0.25) is 6.04 Å². The molecule has 8 nitrogen and oxygen atoms in total. The number of carbonyl (C=O) groups excluding carboxylic acids is 2. The molecule has 0 atom stereocenters. The van der Waals surface area contributed by atoms with Crippen LogP contribution in [0.15, 0.2) is 23.8 Å². The van der Waals surface area contributed by atoms with Gasteiger partial charge in [0.05, 0.1) is 38.6 Å². The monoisotopic (exact) mass is 576 g/mol. The number of carbonyl (C=O) groups is 2. The Morgan fingerprint density at radius 2 is 1.21 bits per heavy atom. The molecule has 0 bridgehead atoms. The van der Waals surface area contributed by atoms with E-state index >= 15 is 0 Å². The third-order valence-corrected chi connectivity index (χ3v) is 5.29. The fraction of sp³-hybridized carbons (Fsp3) is 0.800. The molecule has 0 spiro atoms. The van der Waals surface area contributed by atoms with E-state index < -0.39 is 6.29 Å². The van der Waals surface area contributed by atoms with E-state index in [-0.39, 0.29) is 24.1 Å². The van der Waals surface area contributed by atoms with Gasteiger partial charge in [0.2, 0.25) is 0 Å². The second-order valence-electron chi connectivity index (χ2n) is 9.62. The molecule has 0 aliphatic rings. The lowest BCUT2D eigenvalue weighted by atomic mass is 10.3. The Morgan fingerprint density at radius 3 is 1.59 bits per heavy atom. The van der Waals surface area contributed by atoms with Crippen LogP contribution in [0, 0.1) is 0 Å². The van der Waals surface area contributed by atoms with E-state index in [1.807, 2.05) is 34.6 Å². The summed E-state index contributed by atoms with van der Waals surface area (Å²) in [4.78, 5) is 22.4. The quantitative estimate of drug-likeness (QED) is 0.0580. The summed E-state index contributed by atoms with van der Waals surface area (Å²) < 4.78 is 31.5. The maximum atomic E-state index is 11.8. The van der Waals surface area contributed by atoms with Crippen molar-refractivity contribution >= 4 is 22.2 Å². The number of ether oxygens (including phenoxy) is 6. The molecular formula is C30H60O8Si. The first-order valence-corrected chi connectivity index (χ1v) is 16.0. The number of hydrogen-bond acceptors (Lipinski definition) is 8. The molecule has 9 heteroatoms. The first-order chi connectivity index (χ1) is 18.5. The second-order valence-corrected chi connectivity index (χ2v) is 10.6. The zero-order chi connectivity index (χ0) is 30.5. The highest BCUT2D eigenvalue weighted by atomic mass is 28.1. The largest absolute Gasteiger partial charge is 0.462 e. The van der Waals surface area contributed by atoms with E-state index in [0.717, 1.165) is 54.8 Å². The Hall–Kier alpha value is -1.52. The van der Waals surface area contributed by atoms with Gasteiger partial charge in [-0.05, 0) is 73.3 Å². The van der Waals surface area contributed by atoms with Crippen LogP contribution in [0.5, 0.6) is 0 Å². The van der Waals surface area contributed by atoms with Crippen molar-refractivity contribution in [2.45, 2.75) is 125 Å². The van der Waals surface area contributed by atoms with E-state index in [4.69, 9.17) is 28.4 Å². The molecule has 0 saturated carbocycles. The van der Waals surface area contributed by atoms with E-state index in [1.54, 1.807) is 19.9 Å². The highest BCUT2D eigenvalue weighted by Gasteiger charge is 2.11. The average Bonchev–Trinajstić information content (AvgIpc) is 2.87. The van der Waals surface area contributed by atoms with Gasteiger partial charge in [0.1, 0.15) is 6.79 Å². The van der Waals surface area contributed by atoms with Crippen LogP contribution in [-0.2, 0) is 38.0 Å². The molecule has 0 aromatic carbocycles. The summed E-state index contributed by atoms with van der Waals surface area (Å²) in [5.74, 6) is -0.565. The van der Waals surface area contributed by atoms with Crippen LogP contribution in [-0.4, -0.2) is 73.9 Å². The fourth-order valence-corrected chi connectivity index (χ4v) is 2.45. The summed E-state index contributed by atoms with van der Waals surface area (Å²) in [6.45, 7) is 23.7. The molecule has 39 heavy (non-hydrogen) atoms. The molecule has 0 heterocycles. The van der Waals surface area contributed by atoms with Crippen LogP contribution < -0.4 is 0 Å². The molecule has 0 fully saturated rings. The lowest BCUT2D eigenvalue weighted by Gasteiger charge is -2.16. The van der Waals surface area contributed by atoms with Crippen LogP contribution in [0.3, 0.4) is 0 Å². The third-order valence-electron chi connectivity index (χ3n) is 4.59. The Kier molecular flexibility index (Phi) is 33.4. The SMILES string of the molecule is C=C(C)C(=O)OCCC.CC(C)OCOC(C)C.CCCCOC(C=C(C)C(=O)OCCC[SiH3])OCCCC. The maximum Gasteiger partial charge on any atom is 0.333 e. The molecule has 0 aliphatic heterocycles. The number of rotatable bonds is 20. The first kappa shape index (κ1) is 42.0. The molecule has 0 rings (SSSR count). The van der Waals surface area contributed by atoms with Gasteiger partial charge in [-0.15, -0.1) is 0 Å². The predicted octanol–water partition coefficient (Wildman–Crippen LogP) is 5.92. The number of unbranched alkanes of at least 4 members (excludes halogenated alkanes) is 2. The number of hydrogen-bond donors (Lipinski definition) is 0. The zero-order valence-electron chi connectivity index (χ0n) is 26.8. The van der Waals surface area contributed by atoms with Crippen LogP contribution in [0.4, 0.5) is 0 Å². The van der Waals surface area contributed by atoms with Crippen LogP contribution in [0.25, 0.3) is 0 Å². The molecular weight excluding hydrogens is 516 g/mol. The van der Waals surface area contributed by atoms with Crippen molar-refractivity contribution in [3.63, 3.8) is 0 Å². The fourth-order valence-electron chi connectivity index (χ4n) is 2.16. The Labute approximate surface area is 242 Å². The lowest BCUT2D eigenvalue weighted by molar-refractivity contribution is -0.140. The van der Waals surface area contributed by atoms with Gasteiger partial charge in [0.15, 0.2) is 6.29 Å². The molecule has 0 aromatic rings. The third kappa shape index (κ3) is 34.4. The van der Waals surface area contributed by atoms with Gasteiger partial charge in [-0.3, -0.25) is 0 Å². The minimum atomic E-state index is -0.450. The summed E-state index contributed by atoms with van der Waals surface area (Å²) >= 11 is 0.